The lowest BCUT2D eigenvalue weighted by Gasteiger charge is -2.32. The van der Waals surface area contributed by atoms with Crippen LogP contribution in [0.5, 0.6) is 0 Å². The maximum absolute atomic E-state index is 14.1. The second kappa shape index (κ2) is 6.48. The fourth-order valence-electron chi connectivity index (χ4n) is 3.71. The number of amides is 1. The van der Waals surface area contributed by atoms with E-state index in [0.717, 1.165) is 22.5 Å². The first kappa shape index (κ1) is 18.5. The van der Waals surface area contributed by atoms with Crippen LogP contribution in [0.3, 0.4) is 0 Å². The number of alkyl halides is 1. The summed E-state index contributed by atoms with van der Waals surface area (Å²) in [6.45, 7) is 4.99. The Hall–Kier alpha value is -3.56. The zero-order chi connectivity index (χ0) is 21.0. The van der Waals surface area contributed by atoms with Crippen molar-refractivity contribution in [2.75, 3.05) is 6.54 Å². The van der Waals surface area contributed by atoms with Gasteiger partial charge in [0.25, 0.3) is 5.89 Å². The highest BCUT2D eigenvalue weighted by Gasteiger charge is 2.39. The van der Waals surface area contributed by atoms with E-state index < -0.39 is 17.6 Å². The third-order valence-electron chi connectivity index (χ3n) is 5.21. The molecule has 1 N–H and O–H groups in total. The van der Waals surface area contributed by atoms with Crippen molar-refractivity contribution >= 4 is 11.4 Å². The fourth-order valence-corrected chi connectivity index (χ4v) is 3.71. The maximum Gasteiger partial charge on any atom is 0.312 e. The van der Waals surface area contributed by atoms with Crippen LogP contribution in [-0.4, -0.2) is 47.1 Å². The zero-order valence-electron chi connectivity index (χ0n) is 16.8. The number of fused-ring (bicyclic) bond motifs is 2. The summed E-state index contributed by atoms with van der Waals surface area (Å²) in [5.41, 5.74) is 2.49. The summed E-state index contributed by atoms with van der Waals surface area (Å²) in [6.07, 6.45) is 4.13. The van der Waals surface area contributed by atoms with Gasteiger partial charge in [-0.15, -0.1) is 10.2 Å². The number of nitrogens with zero attached hydrogens (tertiary/aromatic N) is 6. The predicted molar refractivity (Wildman–Crippen MR) is 104 cm³/mol. The number of halogens is 1. The first-order valence-corrected chi connectivity index (χ1v) is 9.63. The molecule has 1 aliphatic rings. The van der Waals surface area contributed by atoms with Gasteiger partial charge in [-0.05, 0) is 38.5 Å². The molecule has 0 saturated carbocycles. The van der Waals surface area contributed by atoms with Gasteiger partial charge < -0.3 is 14.3 Å². The van der Waals surface area contributed by atoms with Crippen LogP contribution in [0.1, 0.15) is 59.1 Å². The smallest absolute Gasteiger partial charge is 0.312 e. The van der Waals surface area contributed by atoms with Crippen molar-refractivity contribution in [3.05, 3.63) is 65.1 Å². The predicted octanol–water partition coefficient (Wildman–Crippen LogP) is 2.74. The van der Waals surface area contributed by atoms with Crippen molar-refractivity contribution < 1.29 is 13.6 Å². The van der Waals surface area contributed by atoms with Crippen molar-refractivity contribution in [2.45, 2.75) is 38.9 Å². The fraction of sp³-hybridized carbons (Fsp3) is 0.350. The number of pyridine rings is 1. The molecule has 0 bridgehead atoms. The van der Waals surface area contributed by atoms with Crippen molar-refractivity contribution in [1.29, 1.82) is 0 Å². The molecule has 1 amide bonds. The third-order valence-corrected chi connectivity index (χ3v) is 5.21. The average molecular weight is 409 g/mol. The Labute approximate surface area is 170 Å². The van der Waals surface area contributed by atoms with E-state index in [1.807, 2.05) is 31.3 Å². The average Bonchev–Trinajstić information content (AvgIpc) is 3.43. The number of aryl methyl sites for hydroxylation is 1. The van der Waals surface area contributed by atoms with E-state index in [0.29, 0.717) is 18.7 Å². The van der Waals surface area contributed by atoms with Gasteiger partial charge in [0.05, 0.1) is 23.2 Å². The minimum Gasteiger partial charge on any atom is -0.413 e. The van der Waals surface area contributed by atoms with Gasteiger partial charge in [-0.1, -0.05) is 6.07 Å². The van der Waals surface area contributed by atoms with Gasteiger partial charge in [0.1, 0.15) is 6.04 Å². The molecule has 0 aromatic carbocycles. The molecule has 0 spiro atoms. The molecule has 1 unspecified atom stereocenters. The molecule has 1 atom stereocenters. The minimum atomic E-state index is -1.83. The first-order valence-electron chi connectivity index (χ1n) is 9.63. The largest absolute Gasteiger partial charge is 0.413 e. The molecule has 5 rings (SSSR count). The van der Waals surface area contributed by atoms with Crippen LogP contribution in [0.15, 0.2) is 35.1 Å². The monoisotopic (exact) mass is 409 g/mol. The molecule has 9 nitrogen and oxygen atoms in total. The molecular weight excluding hydrogens is 389 g/mol. The van der Waals surface area contributed by atoms with Crippen molar-refractivity contribution in [2.24, 2.45) is 0 Å². The number of aromatic nitrogens is 6. The SMILES string of the molecule is Cc1ccc2cc(C3c4nc[nH]c4CCN3C(=O)c3nnc(C(C)(C)F)o3)nn2c1. The molecule has 1 aliphatic heterocycles. The molecule has 154 valence electrons. The summed E-state index contributed by atoms with van der Waals surface area (Å²) >= 11 is 0. The molecule has 30 heavy (non-hydrogen) atoms. The molecular formula is C20H20FN7O2. The highest BCUT2D eigenvalue weighted by atomic mass is 19.1. The van der Waals surface area contributed by atoms with Crippen LogP contribution in [0, 0.1) is 6.92 Å². The van der Waals surface area contributed by atoms with Gasteiger partial charge in [-0.2, -0.15) is 5.10 Å². The summed E-state index contributed by atoms with van der Waals surface area (Å²) in [6, 6.07) is 5.38. The molecule has 10 heteroatoms. The Kier molecular flexibility index (Phi) is 3.99. The van der Waals surface area contributed by atoms with E-state index >= 15 is 0 Å². The summed E-state index contributed by atoms with van der Waals surface area (Å²) in [5, 5.41) is 12.2. The van der Waals surface area contributed by atoms with Crippen LogP contribution in [-0.2, 0) is 12.1 Å². The second-order valence-corrected chi connectivity index (χ2v) is 7.95. The van der Waals surface area contributed by atoms with Crippen molar-refractivity contribution in [3.63, 3.8) is 0 Å². The topological polar surface area (TPSA) is 105 Å². The Morgan fingerprint density at radius 3 is 2.93 bits per heavy atom. The lowest BCUT2D eigenvalue weighted by Crippen LogP contribution is -2.41. The number of hydrogen-bond donors (Lipinski definition) is 1. The number of imidazole rings is 1. The van der Waals surface area contributed by atoms with Crippen molar-refractivity contribution in [3.8, 4) is 0 Å². The van der Waals surface area contributed by atoms with E-state index in [-0.39, 0.29) is 11.8 Å². The number of carbonyl (C=O) groups is 1. The minimum absolute atomic E-state index is 0.233. The van der Waals surface area contributed by atoms with E-state index in [2.05, 4.69) is 25.3 Å². The lowest BCUT2D eigenvalue weighted by molar-refractivity contribution is 0.0636. The number of H-pyrrole nitrogens is 1. The normalized spacial score (nSPS) is 16.8. The molecule has 0 aliphatic carbocycles. The number of hydrogen-bond acceptors (Lipinski definition) is 6. The molecule has 4 aromatic rings. The molecule has 5 heterocycles. The van der Waals surface area contributed by atoms with Gasteiger partial charge in [-0.3, -0.25) is 4.79 Å². The number of nitrogens with one attached hydrogen (secondary N) is 1. The molecule has 0 radical (unpaired) electrons. The van der Waals surface area contributed by atoms with Crippen LogP contribution >= 0.6 is 0 Å². The van der Waals surface area contributed by atoms with E-state index in [1.165, 1.54) is 13.8 Å². The highest BCUT2D eigenvalue weighted by molar-refractivity contribution is 5.90. The lowest BCUT2D eigenvalue weighted by atomic mass is 9.99. The van der Waals surface area contributed by atoms with E-state index in [9.17, 15) is 9.18 Å². The second-order valence-electron chi connectivity index (χ2n) is 7.95. The van der Waals surface area contributed by atoms with Crippen LogP contribution < -0.4 is 0 Å². The Bertz CT molecular complexity index is 1250. The molecule has 0 saturated heterocycles. The number of carbonyl (C=O) groups excluding carboxylic acids is 1. The van der Waals surface area contributed by atoms with Crippen molar-refractivity contribution in [1.82, 2.24) is 34.7 Å². The molecule has 0 fully saturated rings. The summed E-state index contributed by atoms with van der Waals surface area (Å²) < 4.78 is 21.3. The first-order chi connectivity index (χ1) is 14.3. The van der Waals surface area contributed by atoms with Crippen LogP contribution in [0.25, 0.3) is 5.52 Å². The van der Waals surface area contributed by atoms with Gasteiger partial charge in [-0.25, -0.2) is 13.9 Å². The van der Waals surface area contributed by atoms with Gasteiger partial charge in [0.15, 0.2) is 5.67 Å². The quantitative estimate of drug-likeness (QED) is 0.558. The van der Waals surface area contributed by atoms with Crippen LogP contribution in [0.4, 0.5) is 4.39 Å². The Morgan fingerprint density at radius 2 is 2.17 bits per heavy atom. The van der Waals surface area contributed by atoms with E-state index in [4.69, 9.17) is 4.42 Å². The summed E-state index contributed by atoms with van der Waals surface area (Å²) in [5.74, 6) is -0.965. The van der Waals surface area contributed by atoms with Gasteiger partial charge in [0.2, 0.25) is 0 Å². The third kappa shape index (κ3) is 2.95. The standard InChI is InChI=1S/C20H20FN7O2/c1-11-4-5-12-8-14(26-28(12)9-11)16-15-13(22-10-23-15)6-7-27(16)18(29)17-24-25-19(30-17)20(2,3)21/h4-5,8-10,16H,6-7H2,1-3H3,(H,22,23). The maximum atomic E-state index is 14.1. The van der Waals surface area contributed by atoms with Gasteiger partial charge in [0, 0.05) is 24.9 Å². The Balaban J connectivity index is 1.58. The van der Waals surface area contributed by atoms with Gasteiger partial charge >= 0.3 is 11.8 Å². The number of rotatable bonds is 3. The zero-order valence-corrected chi connectivity index (χ0v) is 16.8. The summed E-state index contributed by atoms with van der Waals surface area (Å²) in [4.78, 5) is 22.4. The Morgan fingerprint density at radius 1 is 1.33 bits per heavy atom. The number of aromatic amines is 1. The van der Waals surface area contributed by atoms with E-state index in [1.54, 1.807) is 15.7 Å². The highest BCUT2D eigenvalue weighted by Crippen LogP contribution is 2.34. The summed E-state index contributed by atoms with van der Waals surface area (Å²) in [7, 11) is 0. The van der Waals surface area contributed by atoms with Crippen LogP contribution in [0.2, 0.25) is 0 Å². The molecule has 4 aromatic heterocycles.